The van der Waals surface area contributed by atoms with Gasteiger partial charge in [-0.05, 0) is 42.8 Å². The minimum absolute atomic E-state index is 0. The van der Waals surface area contributed by atoms with E-state index in [4.69, 9.17) is 5.73 Å². The summed E-state index contributed by atoms with van der Waals surface area (Å²) in [5, 5.41) is 7.26. The van der Waals surface area contributed by atoms with Crippen LogP contribution in [0.15, 0.2) is 91.0 Å². The number of methoxy groups -OCH3 is 2. The van der Waals surface area contributed by atoms with Crippen molar-refractivity contribution in [1.29, 1.82) is 0 Å². The van der Waals surface area contributed by atoms with Gasteiger partial charge in [-0.2, -0.15) is 0 Å². The number of hydrogen-bond donors (Lipinski definition) is 3. The van der Waals surface area contributed by atoms with Gasteiger partial charge in [-0.15, -0.1) is 11.8 Å². The molecule has 12 nitrogen and oxygen atoms in total. The fraction of sp³-hybridized carbons (Fsp3) is 0.314. The van der Waals surface area contributed by atoms with E-state index in [9.17, 15) is 28.8 Å². The normalized spacial score (nSPS) is 15.3. The van der Waals surface area contributed by atoms with E-state index < -0.39 is 54.9 Å². The van der Waals surface area contributed by atoms with E-state index in [0.29, 0.717) is 0 Å². The number of nitrogens with two attached hydrogens (primary N) is 1. The fourth-order valence-electron chi connectivity index (χ4n) is 5.46. The summed E-state index contributed by atoms with van der Waals surface area (Å²) in [6.45, 7) is -0.432. The molecule has 1 aliphatic rings. The van der Waals surface area contributed by atoms with Crippen molar-refractivity contribution in [1.82, 2.24) is 15.5 Å². The lowest BCUT2D eigenvalue weighted by Crippen LogP contribution is -3.00. The Hall–Kier alpha value is -4.10. The number of rotatable bonds is 16. The Morgan fingerprint density at radius 3 is 1.88 bits per heavy atom. The number of hydrogen-bond acceptors (Lipinski definition) is 10. The van der Waals surface area contributed by atoms with Crippen molar-refractivity contribution in [3.63, 3.8) is 0 Å². The minimum atomic E-state index is -2.56. The Kier molecular flexibility index (Phi) is 15.6. The number of esters is 2. The zero-order valence-electron chi connectivity index (χ0n) is 27.7. The van der Waals surface area contributed by atoms with Gasteiger partial charge < -0.3 is 42.8 Å². The lowest BCUT2D eigenvalue weighted by molar-refractivity contribution is -0.142. The van der Waals surface area contributed by atoms with E-state index >= 15 is 0 Å². The van der Waals surface area contributed by atoms with Crippen molar-refractivity contribution >= 4 is 70.5 Å². The highest BCUT2D eigenvalue weighted by Gasteiger charge is 2.52. The third kappa shape index (κ3) is 10.00. The topological polar surface area (TPSA) is 174 Å². The highest BCUT2D eigenvalue weighted by Crippen LogP contribution is 2.56. The first kappa shape index (κ1) is 40.3. The molecule has 50 heavy (non-hydrogen) atoms. The number of amides is 4. The number of imide groups is 1. The van der Waals surface area contributed by atoms with Gasteiger partial charge in [0, 0.05) is 18.6 Å². The second kappa shape index (κ2) is 19.3. The number of carbonyl (C=O) groups is 6. The Labute approximate surface area is 306 Å². The molecule has 0 saturated carbocycles. The van der Waals surface area contributed by atoms with E-state index in [1.54, 1.807) is 0 Å². The van der Waals surface area contributed by atoms with Gasteiger partial charge in [0.15, 0.2) is 6.29 Å². The summed E-state index contributed by atoms with van der Waals surface area (Å²) in [5.74, 6) is -3.41. The molecule has 4 N–H and O–H groups in total. The average Bonchev–Trinajstić information content (AvgIpc) is 3.41. The van der Waals surface area contributed by atoms with Crippen molar-refractivity contribution in [3.05, 3.63) is 91.0 Å². The van der Waals surface area contributed by atoms with Gasteiger partial charge in [-0.25, -0.2) is 4.90 Å². The molecule has 15 heteroatoms. The second-order valence-corrected chi connectivity index (χ2v) is 15.9. The summed E-state index contributed by atoms with van der Waals surface area (Å²) in [6, 6.07) is 27.5. The van der Waals surface area contributed by atoms with Crippen LogP contribution >= 0.6 is 19.0 Å². The molecule has 0 aliphatic carbocycles. The van der Waals surface area contributed by atoms with Gasteiger partial charge in [-0.1, -0.05) is 54.6 Å². The van der Waals surface area contributed by atoms with E-state index in [1.165, 1.54) is 19.1 Å². The van der Waals surface area contributed by atoms with E-state index in [1.807, 2.05) is 91.0 Å². The number of benzene rings is 3. The van der Waals surface area contributed by atoms with E-state index in [2.05, 4.69) is 20.1 Å². The lowest BCUT2D eigenvalue weighted by Gasteiger charge is -2.30. The average molecular weight is 788 g/mol. The lowest BCUT2D eigenvalue weighted by atomic mass is 10.1. The van der Waals surface area contributed by atoms with Crippen LogP contribution in [0.2, 0.25) is 0 Å². The SMILES string of the molecule is COC(=O)CNC(=O)[C@H](CSC1CC(=O)N(C[P+](c2ccccc2)(c2ccccc2)c2ccccc2)C1=O)NC(=O)CC[C@H](N)C(=O)OC.[Br-]. The standard InChI is InChI=1S/C35H39N4O8PS.BrH/c1-46-32(42)21-37-33(43)28(38-30(40)19-18-27(36)35(45)47-2)22-49-29-20-31(41)39(34(29)44)23-48(24-12-6-3-7-13-24,25-14-8-4-9-15-25)26-16-10-5-11-17-26;/h3-17,27-29H,18-23,36H2,1-2H3,(H-,37,38,40,43);1H/t27-,28-,29?;/m0./s1. The highest BCUT2D eigenvalue weighted by atomic mass is 79.9. The maximum Gasteiger partial charge on any atom is 0.325 e. The van der Waals surface area contributed by atoms with Crippen LogP contribution in [0.4, 0.5) is 0 Å². The van der Waals surface area contributed by atoms with E-state index in [0.717, 1.165) is 27.7 Å². The Bertz CT molecular complexity index is 1540. The maximum atomic E-state index is 14.0. The summed E-state index contributed by atoms with van der Waals surface area (Å²) in [4.78, 5) is 78.1. The zero-order valence-corrected chi connectivity index (χ0v) is 31.0. The number of likely N-dealkylation sites (tertiary alicyclic amines) is 1. The van der Waals surface area contributed by atoms with Crippen LogP contribution in [0, 0.1) is 0 Å². The number of ether oxygens (including phenoxy) is 2. The van der Waals surface area contributed by atoms with Crippen molar-refractivity contribution in [2.24, 2.45) is 5.73 Å². The molecule has 0 radical (unpaired) electrons. The van der Waals surface area contributed by atoms with Crippen LogP contribution in [0.25, 0.3) is 0 Å². The third-order valence-electron chi connectivity index (χ3n) is 8.08. The maximum absolute atomic E-state index is 14.0. The first-order valence-electron chi connectivity index (χ1n) is 15.6. The summed E-state index contributed by atoms with van der Waals surface area (Å²) in [5.41, 5.74) is 5.74. The van der Waals surface area contributed by atoms with Gasteiger partial charge in [0.05, 0.1) is 19.5 Å². The molecule has 0 bridgehead atoms. The largest absolute Gasteiger partial charge is 1.00 e. The highest BCUT2D eigenvalue weighted by molar-refractivity contribution is 8.00. The van der Waals surface area contributed by atoms with Crippen LogP contribution in [-0.2, 0) is 38.2 Å². The summed E-state index contributed by atoms with van der Waals surface area (Å²) in [7, 11) is -0.198. The Balaban J connectivity index is 0.00000676. The zero-order chi connectivity index (χ0) is 35.4. The molecule has 1 fully saturated rings. The molecular weight excluding hydrogens is 747 g/mol. The number of nitrogens with zero attached hydrogens (tertiary/aromatic N) is 1. The Morgan fingerprint density at radius 2 is 1.40 bits per heavy atom. The predicted octanol–water partition coefficient (Wildman–Crippen LogP) is -2.14. The molecule has 1 aliphatic heterocycles. The molecular formula is C35H40BrN4O8PS. The van der Waals surface area contributed by atoms with Crippen LogP contribution < -0.4 is 49.3 Å². The molecule has 0 aromatic heterocycles. The van der Waals surface area contributed by atoms with Crippen LogP contribution in [0.3, 0.4) is 0 Å². The molecule has 3 aromatic carbocycles. The summed E-state index contributed by atoms with van der Waals surface area (Å²) >= 11 is 1.07. The molecule has 1 unspecified atom stereocenters. The van der Waals surface area contributed by atoms with E-state index in [-0.39, 0.29) is 60.1 Å². The van der Waals surface area contributed by atoms with Crippen molar-refractivity contribution in [2.75, 3.05) is 32.8 Å². The predicted molar refractivity (Wildman–Crippen MR) is 189 cm³/mol. The molecule has 3 atom stereocenters. The molecule has 1 saturated heterocycles. The Morgan fingerprint density at radius 1 is 0.880 bits per heavy atom. The van der Waals surface area contributed by atoms with Gasteiger partial charge in [0.25, 0.3) is 0 Å². The third-order valence-corrected chi connectivity index (χ3v) is 13.6. The number of carbonyl (C=O) groups excluding carboxylic acids is 6. The molecule has 266 valence electrons. The minimum Gasteiger partial charge on any atom is -1.00 e. The van der Waals surface area contributed by atoms with Gasteiger partial charge in [-0.3, -0.25) is 28.8 Å². The van der Waals surface area contributed by atoms with Gasteiger partial charge in [0.2, 0.25) is 23.6 Å². The number of halogens is 1. The van der Waals surface area contributed by atoms with Gasteiger partial charge in [0.1, 0.15) is 41.8 Å². The number of nitrogens with one attached hydrogen (secondary N) is 2. The van der Waals surface area contributed by atoms with Crippen LogP contribution in [-0.4, -0.2) is 90.6 Å². The molecule has 0 spiro atoms. The smallest absolute Gasteiger partial charge is 0.325 e. The molecule has 1 heterocycles. The first-order valence-corrected chi connectivity index (χ1v) is 18.6. The monoisotopic (exact) mass is 786 g/mol. The quantitative estimate of drug-likeness (QED) is 0.0827. The number of thioether (sulfide) groups is 1. The van der Waals surface area contributed by atoms with Crippen molar-refractivity contribution in [2.45, 2.75) is 36.6 Å². The fourth-order valence-corrected chi connectivity index (χ4v) is 10.8. The van der Waals surface area contributed by atoms with Crippen LogP contribution in [0.5, 0.6) is 0 Å². The second-order valence-electron chi connectivity index (χ2n) is 11.2. The van der Waals surface area contributed by atoms with Crippen molar-refractivity contribution < 1.29 is 55.2 Å². The summed E-state index contributed by atoms with van der Waals surface area (Å²) < 4.78 is 9.17. The summed E-state index contributed by atoms with van der Waals surface area (Å²) in [6.07, 6.45) is -0.136. The molecule has 4 rings (SSSR count). The molecule has 3 aromatic rings. The molecule has 4 amide bonds. The van der Waals surface area contributed by atoms with Crippen molar-refractivity contribution in [3.8, 4) is 0 Å². The van der Waals surface area contributed by atoms with Crippen LogP contribution in [0.1, 0.15) is 19.3 Å². The van der Waals surface area contributed by atoms with Gasteiger partial charge >= 0.3 is 11.9 Å². The first-order chi connectivity index (χ1) is 23.6.